The zero-order valence-electron chi connectivity index (χ0n) is 15.6. The number of carbonyl (C=O) groups is 1. The van der Waals surface area contributed by atoms with Gasteiger partial charge in [-0.1, -0.05) is 13.8 Å². The summed E-state index contributed by atoms with van der Waals surface area (Å²) in [6, 6.07) is 6.28. The van der Waals surface area contributed by atoms with Gasteiger partial charge >= 0.3 is 0 Å². The third kappa shape index (κ3) is 4.64. The van der Waals surface area contributed by atoms with Crippen molar-refractivity contribution in [3.05, 3.63) is 29.8 Å². The van der Waals surface area contributed by atoms with Gasteiger partial charge < -0.3 is 4.90 Å². The average Bonchev–Trinajstić information content (AvgIpc) is 3.41. The first kappa shape index (κ1) is 19.3. The molecule has 2 aliphatic rings. The van der Waals surface area contributed by atoms with Crippen LogP contribution in [0.1, 0.15) is 43.5 Å². The minimum absolute atomic E-state index is 0.0283. The number of rotatable bonds is 5. The van der Waals surface area contributed by atoms with Crippen LogP contribution in [-0.4, -0.2) is 56.3 Å². The minimum atomic E-state index is -3.74. The number of hydrogen-bond donors (Lipinski definition) is 1. The van der Waals surface area contributed by atoms with E-state index in [9.17, 15) is 13.2 Å². The molecule has 1 unspecified atom stereocenters. The summed E-state index contributed by atoms with van der Waals surface area (Å²) in [6.07, 6.45) is 3.64. The van der Waals surface area contributed by atoms with E-state index in [0.717, 1.165) is 38.5 Å². The average molecular weight is 380 g/mol. The predicted molar refractivity (Wildman–Crippen MR) is 101 cm³/mol. The van der Waals surface area contributed by atoms with Crippen LogP contribution in [0.5, 0.6) is 0 Å². The van der Waals surface area contributed by atoms with Crippen molar-refractivity contribution in [2.24, 2.45) is 17.0 Å². The Kier molecular flexibility index (Phi) is 5.69. The maximum atomic E-state index is 12.9. The molecule has 0 aromatic heterocycles. The van der Waals surface area contributed by atoms with Gasteiger partial charge in [-0.25, -0.2) is 13.6 Å². The van der Waals surface area contributed by atoms with E-state index >= 15 is 0 Å². The summed E-state index contributed by atoms with van der Waals surface area (Å²) in [5.74, 6) is 1.28. The standard InChI is InChI=1S/C19H29N3O3S/c1-14(2)18-13-22(11-3-10-21(18)12-15-4-5-15)19(23)16-6-8-17(9-7-16)26(20,24)25/h6-9,14-15,18H,3-5,10-13H2,1-2H3,(H2,20,24,25). The Balaban J connectivity index is 1.73. The highest BCUT2D eigenvalue weighted by atomic mass is 32.2. The van der Waals surface area contributed by atoms with E-state index in [1.54, 1.807) is 12.1 Å². The Bertz CT molecular complexity index is 742. The quantitative estimate of drug-likeness (QED) is 0.847. The van der Waals surface area contributed by atoms with Crippen molar-refractivity contribution >= 4 is 15.9 Å². The molecule has 7 heteroatoms. The molecule has 2 fully saturated rings. The van der Waals surface area contributed by atoms with E-state index < -0.39 is 10.0 Å². The molecular weight excluding hydrogens is 350 g/mol. The minimum Gasteiger partial charge on any atom is -0.337 e. The molecule has 1 aliphatic carbocycles. The number of nitrogens with zero attached hydrogens (tertiary/aromatic N) is 2. The zero-order chi connectivity index (χ0) is 18.9. The van der Waals surface area contributed by atoms with Crippen LogP contribution in [0.2, 0.25) is 0 Å². The van der Waals surface area contributed by atoms with Gasteiger partial charge in [0.2, 0.25) is 10.0 Å². The number of primary sulfonamides is 1. The number of benzene rings is 1. The van der Waals surface area contributed by atoms with Crippen molar-refractivity contribution in [2.45, 2.75) is 44.0 Å². The summed E-state index contributed by atoms with van der Waals surface area (Å²) in [4.78, 5) is 17.5. The summed E-state index contributed by atoms with van der Waals surface area (Å²) < 4.78 is 22.8. The number of carbonyl (C=O) groups excluding carboxylic acids is 1. The van der Waals surface area contributed by atoms with Crippen molar-refractivity contribution in [3.63, 3.8) is 0 Å². The number of sulfonamides is 1. The van der Waals surface area contributed by atoms with Gasteiger partial charge in [-0.3, -0.25) is 9.69 Å². The molecule has 1 heterocycles. The van der Waals surface area contributed by atoms with Crippen molar-refractivity contribution in [2.75, 3.05) is 26.2 Å². The molecule has 26 heavy (non-hydrogen) atoms. The normalized spacial score (nSPS) is 22.5. The molecule has 3 rings (SSSR count). The lowest BCUT2D eigenvalue weighted by Gasteiger charge is -2.34. The molecular formula is C19H29N3O3S. The lowest BCUT2D eigenvalue weighted by atomic mass is 10.0. The van der Waals surface area contributed by atoms with Crippen LogP contribution in [-0.2, 0) is 10.0 Å². The van der Waals surface area contributed by atoms with Gasteiger partial charge in [0.1, 0.15) is 0 Å². The molecule has 1 saturated carbocycles. The van der Waals surface area contributed by atoms with Gasteiger partial charge in [-0.2, -0.15) is 0 Å². The first-order chi connectivity index (χ1) is 12.3. The SMILES string of the molecule is CC(C)C1CN(C(=O)c2ccc(S(N)(=O)=O)cc2)CCCN1CC1CC1. The van der Waals surface area contributed by atoms with E-state index in [1.807, 2.05) is 4.90 Å². The zero-order valence-corrected chi connectivity index (χ0v) is 16.4. The fraction of sp³-hybridized carbons (Fsp3) is 0.632. The summed E-state index contributed by atoms with van der Waals surface area (Å²) >= 11 is 0. The third-order valence-corrected chi connectivity index (χ3v) is 6.36. The molecule has 6 nitrogen and oxygen atoms in total. The van der Waals surface area contributed by atoms with Crippen LogP contribution in [0.4, 0.5) is 0 Å². The highest BCUT2D eigenvalue weighted by molar-refractivity contribution is 7.89. The number of hydrogen-bond acceptors (Lipinski definition) is 4. The van der Waals surface area contributed by atoms with Gasteiger partial charge in [0.05, 0.1) is 4.90 Å². The second kappa shape index (κ2) is 7.66. The predicted octanol–water partition coefficient (Wildman–Crippen LogP) is 1.92. The van der Waals surface area contributed by atoms with Gasteiger partial charge in [0, 0.05) is 37.8 Å². The summed E-state index contributed by atoms with van der Waals surface area (Å²) in [5.41, 5.74) is 0.510. The molecule has 144 valence electrons. The van der Waals surface area contributed by atoms with Crippen LogP contribution in [0.15, 0.2) is 29.2 Å². The monoisotopic (exact) mass is 379 g/mol. The van der Waals surface area contributed by atoms with Crippen molar-refractivity contribution in [3.8, 4) is 0 Å². The van der Waals surface area contributed by atoms with Crippen molar-refractivity contribution in [1.29, 1.82) is 0 Å². The van der Waals surface area contributed by atoms with Crippen molar-refractivity contribution in [1.82, 2.24) is 9.80 Å². The number of nitrogens with two attached hydrogens (primary N) is 1. The molecule has 1 aromatic carbocycles. The van der Waals surface area contributed by atoms with Crippen LogP contribution in [0, 0.1) is 11.8 Å². The molecule has 1 saturated heterocycles. The van der Waals surface area contributed by atoms with Crippen LogP contribution >= 0.6 is 0 Å². The maximum Gasteiger partial charge on any atom is 0.253 e. The summed E-state index contributed by atoms with van der Waals surface area (Å²) in [6.45, 7) is 8.08. The molecule has 0 bridgehead atoms. The summed E-state index contributed by atoms with van der Waals surface area (Å²) in [5, 5.41) is 5.13. The van der Waals surface area contributed by atoms with E-state index in [1.165, 1.54) is 25.0 Å². The highest BCUT2D eigenvalue weighted by Crippen LogP contribution is 2.32. The van der Waals surface area contributed by atoms with Crippen LogP contribution in [0.3, 0.4) is 0 Å². The van der Waals surface area contributed by atoms with Crippen LogP contribution < -0.4 is 5.14 Å². The molecule has 2 N–H and O–H groups in total. The molecule has 0 spiro atoms. The van der Waals surface area contributed by atoms with E-state index in [0.29, 0.717) is 17.5 Å². The third-order valence-electron chi connectivity index (χ3n) is 5.43. The first-order valence-corrected chi connectivity index (χ1v) is 11.0. The van der Waals surface area contributed by atoms with E-state index in [2.05, 4.69) is 18.7 Å². The van der Waals surface area contributed by atoms with Gasteiger partial charge in [0.15, 0.2) is 0 Å². The lowest BCUT2D eigenvalue weighted by molar-refractivity contribution is 0.0704. The Morgan fingerprint density at radius 1 is 1.19 bits per heavy atom. The first-order valence-electron chi connectivity index (χ1n) is 9.42. The van der Waals surface area contributed by atoms with Crippen molar-refractivity contribution < 1.29 is 13.2 Å². The maximum absolute atomic E-state index is 12.9. The molecule has 0 radical (unpaired) electrons. The van der Waals surface area contributed by atoms with Gasteiger partial charge in [-0.15, -0.1) is 0 Å². The number of amides is 1. The Hall–Kier alpha value is -1.44. The molecule has 1 aliphatic heterocycles. The van der Waals surface area contributed by atoms with E-state index in [4.69, 9.17) is 5.14 Å². The molecule has 1 aromatic rings. The molecule has 1 atom stereocenters. The largest absolute Gasteiger partial charge is 0.337 e. The van der Waals surface area contributed by atoms with Crippen LogP contribution in [0.25, 0.3) is 0 Å². The highest BCUT2D eigenvalue weighted by Gasteiger charge is 2.33. The van der Waals surface area contributed by atoms with Gasteiger partial charge in [-0.05, 0) is 55.4 Å². The summed E-state index contributed by atoms with van der Waals surface area (Å²) in [7, 11) is -3.74. The topological polar surface area (TPSA) is 83.7 Å². The Morgan fingerprint density at radius 2 is 1.85 bits per heavy atom. The smallest absolute Gasteiger partial charge is 0.253 e. The Labute approximate surface area is 156 Å². The fourth-order valence-electron chi connectivity index (χ4n) is 3.71. The Morgan fingerprint density at radius 3 is 2.38 bits per heavy atom. The van der Waals surface area contributed by atoms with E-state index in [-0.39, 0.29) is 10.8 Å². The fourth-order valence-corrected chi connectivity index (χ4v) is 4.22. The lowest BCUT2D eigenvalue weighted by Crippen LogP contribution is -2.46. The van der Waals surface area contributed by atoms with Gasteiger partial charge in [0.25, 0.3) is 5.91 Å². The second-order valence-electron chi connectivity index (χ2n) is 7.92. The molecule has 1 amide bonds. The second-order valence-corrected chi connectivity index (χ2v) is 9.49.